The van der Waals surface area contributed by atoms with Crippen molar-refractivity contribution in [2.24, 2.45) is 0 Å². The molecule has 4 aromatic rings. The molecule has 2 atom stereocenters. The first kappa shape index (κ1) is 22.5. The average Bonchev–Trinajstić information content (AvgIpc) is 3.17. The van der Waals surface area contributed by atoms with E-state index in [2.05, 4.69) is 82.3 Å². The lowest BCUT2D eigenvalue weighted by molar-refractivity contribution is 0.0505. The van der Waals surface area contributed by atoms with Gasteiger partial charge in [0.2, 0.25) is 0 Å². The van der Waals surface area contributed by atoms with Crippen molar-refractivity contribution in [2.75, 3.05) is 18.5 Å². The molecule has 172 valence electrons. The van der Waals surface area contributed by atoms with Gasteiger partial charge in [0.15, 0.2) is 4.93 Å². The summed E-state index contributed by atoms with van der Waals surface area (Å²) in [7, 11) is 2.05. The lowest BCUT2D eigenvalue weighted by Gasteiger charge is -2.24. The van der Waals surface area contributed by atoms with E-state index in [1.165, 1.54) is 5.56 Å². The van der Waals surface area contributed by atoms with Gasteiger partial charge in [0, 0.05) is 54.5 Å². The minimum atomic E-state index is -0.649. The highest BCUT2D eigenvalue weighted by atomic mass is 32.1. The van der Waals surface area contributed by atoms with Crippen LogP contribution in [0.1, 0.15) is 42.1 Å². The summed E-state index contributed by atoms with van der Waals surface area (Å²) >= 11 is 4.56. The lowest BCUT2D eigenvalue weighted by Crippen LogP contribution is -2.24. The van der Waals surface area contributed by atoms with E-state index in [1.54, 1.807) is 6.33 Å². The van der Waals surface area contributed by atoms with E-state index in [9.17, 15) is 0 Å². The van der Waals surface area contributed by atoms with Crippen LogP contribution in [-0.2, 0) is 16.3 Å². The molecule has 2 unspecified atom stereocenters. The number of anilines is 1. The molecule has 6 nitrogen and oxygen atoms in total. The van der Waals surface area contributed by atoms with E-state index < -0.39 is 4.93 Å². The zero-order valence-electron chi connectivity index (χ0n) is 19.6. The molecule has 1 aliphatic heterocycles. The van der Waals surface area contributed by atoms with Crippen LogP contribution in [0.5, 0.6) is 0 Å². The van der Waals surface area contributed by atoms with Crippen LogP contribution in [0.2, 0.25) is 0 Å². The first-order chi connectivity index (χ1) is 16.4. The zero-order valence-corrected chi connectivity index (χ0v) is 20.5. The predicted octanol–water partition coefficient (Wildman–Crippen LogP) is 5.60. The molecule has 0 amide bonds. The SMILES string of the molecule is C=Cc1ccnc2c(C(C)CN(C)c3cc(-c4cnc5c(c4)COC5(C)S)ncn3)cccc12. The monoisotopic (exact) mass is 469 g/mol. The Hall–Kier alpha value is -3.29. The first-order valence-corrected chi connectivity index (χ1v) is 11.7. The number of aromatic nitrogens is 4. The summed E-state index contributed by atoms with van der Waals surface area (Å²) in [5.41, 5.74) is 7.00. The van der Waals surface area contributed by atoms with Gasteiger partial charge in [-0.15, -0.1) is 12.6 Å². The van der Waals surface area contributed by atoms with E-state index in [0.29, 0.717) is 6.61 Å². The molecule has 1 aromatic carbocycles. The lowest BCUT2D eigenvalue weighted by atomic mass is 9.96. The number of ether oxygens (including phenoxy) is 1. The van der Waals surface area contributed by atoms with Gasteiger partial charge in [0.05, 0.1) is 23.5 Å². The number of hydrogen-bond donors (Lipinski definition) is 1. The van der Waals surface area contributed by atoms with Gasteiger partial charge in [-0.2, -0.15) is 0 Å². The number of hydrogen-bond acceptors (Lipinski definition) is 7. The molecule has 0 spiro atoms. The maximum Gasteiger partial charge on any atom is 0.151 e. The molecule has 1 aliphatic rings. The molecule has 0 radical (unpaired) electrons. The van der Waals surface area contributed by atoms with Crippen LogP contribution in [0.3, 0.4) is 0 Å². The molecule has 0 bridgehead atoms. The van der Waals surface area contributed by atoms with Gasteiger partial charge in [0.25, 0.3) is 0 Å². The maximum absolute atomic E-state index is 5.74. The number of thiol groups is 1. The molecule has 3 aromatic heterocycles. The van der Waals surface area contributed by atoms with Crippen molar-refractivity contribution < 1.29 is 4.74 Å². The van der Waals surface area contributed by atoms with Crippen LogP contribution >= 0.6 is 12.6 Å². The smallest absolute Gasteiger partial charge is 0.151 e. The quantitative estimate of drug-likeness (QED) is 0.371. The summed E-state index contributed by atoms with van der Waals surface area (Å²) < 4.78 is 5.74. The molecule has 0 N–H and O–H groups in total. The van der Waals surface area contributed by atoms with Crippen LogP contribution < -0.4 is 4.90 Å². The highest BCUT2D eigenvalue weighted by molar-refractivity contribution is 7.81. The van der Waals surface area contributed by atoms with Gasteiger partial charge >= 0.3 is 0 Å². The summed E-state index contributed by atoms with van der Waals surface area (Å²) in [6.45, 7) is 9.35. The minimum Gasteiger partial charge on any atom is -0.359 e. The van der Waals surface area contributed by atoms with E-state index in [0.717, 1.165) is 51.3 Å². The number of para-hydroxylation sites is 1. The summed E-state index contributed by atoms with van der Waals surface area (Å²) in [6.07, 6.45) is 7.16. The Balaban J connectivity index is 1.40. The topological polar surface area (TPSA) is 64.0 Å². The van der Waals surface area contributed by atoms with Gasteiger partial charge in [0.1, 0.15) is 12.1 Å². The number of pyridine rings is 2. The highest BCUT2D eigenvalue weighted by Crippen LogP contribution is 2.39. The molecule has 7 heteroatoms. The molecule has 4 heterocycles. The van der Waals surface area contributed by atoms with Crippen LogP contribution in [0, 0.1) is 0 Å². The van der Waals surface area contributed by atoms with Gasteiger partial charge in [-0.05, 0) is 30.2 Å². The second-order valence-electron chi connectivity index (χ2n) is 8.89. The molecule has 5 rings (SSSR count). The van der Waals surface area contributed by atoms with Crippen LogP contribution in [0.4, 0.5) is 5.82 Å². The summed E-state index contributed by atoms with van der Waals surface area (Å²) in [5.74, 6) is 1.10. The van der Waals surface area contributed by atoms with Gasteiger partial charge in [-0.3, -0.25) is 9.97 Å². The van der Waals surface area contributed by atoms with E-state index in [4.69, 9.17) is 4.74 Å². The van der Waals surface area contributed by atoms with Crippen molar-refractivity contribution in [1.29, 1.82) is 0 Å². The normalized spacial score (nSPS) is 18.0. The number of nitrogens with zero attached hydrogens (tertiary/aromatic N) is 5. The molecule has 0 saturated heterocycles. The van der Waals surface area contributed by atoms with Crippen molar-refractivity contribution in [3.05, 3.63) is 84.1 Å². The Morgan fingerprint density at radius 1 is 1.21 bits per heavy atom. The summed E-state index contributed by atoms with van der Waals surface area (Å²) in [4.78, 5) is 19.8. The Morgan fingerprint density at radius 3 is 2.88 bits per heavy atom. The second-order valence-corrected chi connectivity index (χ2v) is 9.75. The Bertz CT molecular complexity index is 1390. The van der Waals surface area contributed by atoms with Gasteiger partial charge in [-0.1, -0.05) is 37.8 Å². The fraction of sp³-hybridized carbons (Fsp3) is 0.259. The summed E-state index contributed by atoms with van der Waals surface area (Å²) in [5, 5.41) is 1.12. The fourth-order valence-electron chi connectivity index (χ4n) is 4.58. The Kier molecular flexibility index (Phi) is 5.83. The fourth-order valence-corrected chi connectivity index (χ4v) is 4.84. The Morgan fingerprint density at radius 2 is 2.06 bits per heavy atom. The first-order valence-electron chi connectivity index (χ1n) is 11.3. The third-order valence-corrected chi connectivity index (χ3v) is 6.73. The van der Waals surface area contributed by atoms with Crippen molar-refractivity contribution >= 4 is 35.4 Å². The van der Waals surface area contributed by atoms with Crippen molar-refractivity contribution in [3.63, 3.8) is 0 Å². The highest BCUT2D eigenvalue weighted by Gasteiger charge is 2.33. The number of benzene rings is 1. The molecule has 0 saturated carbocycles. The zero-order chi connectivity index (χ0) is 23.9. The minimum absolute atomic E-state index is 0.242. The van der Waals surface area contributed by atoms with Crippen molar-refractivity contribution in [3.8, 4) is 11.3 Å². The third kappa shape index (κ3) is 4.06. The Labute approximate surface area is 205 Å². The van der Waals surface area contributed by atoms with Crippen LogP contribution in [0.25, 0.3) is 28.2 Å². The van der Waals surface area contributed by atoms with E-state index >= 15 is 0 Å². The molecule has 34 heavy (non-hydrogen) atoms. The molecular formula is C27H27N5OS. The van der Waals surface area contributed by atoms with Crippen LogP contribution in [-0.4, -0.2) is 33.5 Å². The number of likely N-dealkylation sites (N-methyl/N-ethyl adjacent to an activating group) is 1. The largest absolute Gasteiger partial charge is 0.359 e. The maximum atomic E-state index is 5.74. The molecular weight excluding hydrogens is 442 g/mol. The number of rotatable bonds is 6. The third-order valence-electron chi connectivity index (χ3n) is 6.39. The van der Waals surface area contributed by atoms with Gasteiger partial charge in [-0.25, -0.2) is 9.97 Å². The van der Waals surface area contributed by atoms with E-state index in [1.807, 2.05) is 37.5 Å². The average molecular weight is 470 g/mol. The standard InChI is InChI=1S/C27H27N5OS/c1-5-18-9-10-28-25-21(7-6-8-22(18)25)17(2)14-32(4)24-12-23(30-16-31-24)19-11-20-15-33-27(3,34)26(20)29-13-19/h5-13,16-17,34H,1,14-15H2,2-4H3. The molecule has 0 aliphatic carbocycles. The summed E-state index contributed by atoms with van der Waals surface area (Å²) in [6, 6.07) is 12.4. The second kappa shape index (κ2) is 8.81. The van der Waals surface area contributed by atoms with Crippen LogP contribution in [0.15, 0.2) is 61.7 Å². The van der Waals surface area contributed by atoms with E-state index in [-0.39, 0.29) is 5.92 Å². The number of fused-ring (bicyclic) bond motifs is 2. The van der Waals surface area contributed by atoms with Gasteiger partial charge < -0.3 is 9.64 Å². The van der Waals surface area contributed by atoms with Crippen molar-refractivity contribution in [1.82, 2.24) is 19.9 Å². The molecule has 0 fully saturated rings. The van der Waals surface area contributed by atoms with Crippen molar-refractivity contribution in [2.45, 2.75) is 31.3 Å². The predicted molar refractivity (Wildman–Crippen MR) is 140 cm³/mol.